The Labute approximate surface area is 111 Å². The van der Waals surface area contributed by atoms with Crippen molar-refractivity contribution in [3.8, 4) is 17.3 Å². The normalized spacial score (nSPS) is 10.5. The zero-order valence-corrected chi connectivity index (χ0v) is 10.4. The number of nitrogens with two attached hydrogens (primary N) is 1. The van der Waals surface area contributed by atoms with Crippen LogP contribution in [0.5, 0.6) is 0 Å². The predicted octanol–water partition coefficient (Wildman–Crippen LogP) is 3.17. The number of para-hydroxylation sites is 1. The lowest BCUT2D eigenvalue weighted by Crippen LogP contribution is -1.99. The van der Waals surface area contributed by atoms with Gasteiger partial charge in [-0.2, -0.15) is 5.26 Å². The van der Waals surface area contributed by atoms with Crippen LogP contribution in [-0.2, 0) is 6.54 Å². The van der Waals surface area contributed by atoms with Crippen LogP contribution >= 0.6 is 0 Å². The van der Waals surface area contributed by atoms with Gasteiger partial charge < -0.3 is 10.7 Å². The summed E-state index contributed by atoms with van der Waals surface area (Å²) in [6.45, 7) is 0.455. The van der Waals surface area contributed by atoms with E-state index in [1.807, 2.05) is 48.5 Å². The van der Waals surface area contributed by atoms with Crippen LogP contribution in [0.25, 0.3) is 22.2 Å². The van der Waals surface area contributed by atoms with E-state index in [9.17, 15) is 5.26 Å². The standard InChI is InChI=1S/C16H13N3/c17-9-11-5-1-2-6-12(11)16-14(10-18)13-7-3-4-8-15(13)19-16/h1-8,19H,9,17H2. The molecule has 3 heteroatoms. The number of hydrogen-bond acceptors (Lipinski definition) is 2. The Hall–Kier alpha value is -2.57. The third-order valence-electron chi connectivity index (χ3n) is 3.32. The number of benzene rings is 2. The summed E-state index contributed by atoms with van der Waals surface area (Å²) in [6.07, 6.45) is 0. The molecule has 1 aromatic heterocycles. The number of H-pyrrole nitrogens is 1. The molecule has 0 atom stereocenters. The van der Waals surface area contributed by atoms with Crippen molar-refractivity contribution in [1.29, 1.82) is 5.26 Å². The fourth-order valence-electron chi connectivity index (χ4n) is 2.40. The Kier molecular flexibility index (Phi) is 2.79. The molecule has 0 amide bonds. The number of nitrogens with zero attached hydrogens (tertiary/aromatic N) is 1. The molecule has 0 radical (unpaired) electrons. The van der Waals surface area contributed by atoms with Gasteiger partial charge in [0.25, 0.3) is 0 Å². The van der Waals surface area contributed by atoms with Crippen molar-refractivity contribution < 1.29 is 0 Å². The summed E-state index contributed by atoms with van der Waals surface area (Å²) in [5.41, 5.74) is 10.3. The molecule has 3 aromatic rings. The summed E-state index contributed by atoms with van der Waals surface area (Å²) < 4.78 is 0. The van der Waals surface area contributed by atoms with Crippen molar-refractivity contribution in [2.45, 2.75) is 6.54 Å². The highest BCUT2D eigenvalue weighted by Gasteiger charge is 2.14. The zero-order valence-electron chi connectivity index (χ0n) is 10.4. The molecule has 0 spiro atoms. The number of aromatic nitrogens is 1. The predicted molar refractivity (Wildman–Crippen MR) is 76.3 cm³/mol. The van der Waals surface area contributed by atoms with Crippen molar-refractivity contribution in [3.05, 3.63) is 59.7 Å². The lowest BCUT2D eigenvalue weighted by Gasteiger charge is -2.05. The Morgan fingerprint density at radius 1 is 1.05 bits per heavy atom. The molecule has 1 heterocycles. The van der Waals surface area contributed by atoms with E-state index in [-0.39, 0.29) is 0 Å². The molecular weight excluding hydrogens is 234 g/mol. The van der Waals surface area contributed by atoms with Gasteiger partial charge in [-0.1, -0.05) is 42.5 Å². The van der Waals surface area contributed by atoms with Gasteiger partial charge in [-0.3, -0.25) is 0 Å². The minimum Gasteiger partial charge on any atom is -0.353 e. The second-order valence-electron chi connectivity index (χ2n) is 4.39. The van der Waals surface area contributed by atoms with Gasteiger partial charge in [-0.05, 0) is 11.6 Å². The molecule has 2 aromatic carbocycles. The number of nitrogens with one attached hydrogen (secondary N) is 1. The minimum absolute atomic E-state index is 0.455. The van der Waals surface area contributed by atoms with Crippen LogP contribution in [0.2, 0.25) is 0 Å². The Morgan fingerprint density at radius 2 is 1.79 bits per heavy atom. The molecule has 3 N–H and O–H groups in total. The van der Waals surface area contributed by atoms with Gasteiger partial charge in [0.1, 0.15) is 6.07 Å². The van der Waals surface area contributed by atoms with Gasteiger partial charge in [0, 0.05) is 23.0 Å². The molecule has 0 saturated carbocycles. The third kappa shape index (κ3) is 1.79. The van der Waals surface area contributed by atoms with Gasteiger partial charge in [0.2, 0.25) is 0 Å². The van der Waals surface area contributed by atoms with E-state index in [2.05, 4.69) is 11.1 Å². The number of hydrogen-bond donors (Lipinski definition) is 2. The van der Waals surface area contributed by atoms with Crippen molar-refractivity contribution in [2.75, 3.05) is 0 Å². The smallest absolute Gasteiger partial charge is 0.102 e. The van der Waals surface area contributed by atoms with Crippen molar-refractivity contribution in [3.63, 3.8) is 0 Å². The monoisotopic (exact) mass is 247 g/mol. The minimum atomic E-state index is 0.455. The van der Waals surface area contributed by atoms with E-state index in [1.165, 1.54) is 0 Å². The van der Waals surface area contributed by atoms with Crippen LogP contribution in [0.15, 0.2) is 48.5 Å². The van der Waals surface area contributed by atoms with Crippen LogP contribution in [0, 0.1) is 11.3 Å². The number of rotatable bonds is 2. The number of fused-ring (bicyclic) bond motifs is 1. The Bertz CT molecular complexity index is 778. The van der Waals surface area contributed by atoms with Crippen molar-refractivity contribution >= 4 is 10.9 Å². The maximum Gasteiger partial charge on any atom is 0.102 e. The first-order valence-electron chi connectivity index (χ1n) is 6.14. The molecule has 0 aliphatic carbocycles. The molecular formula is C16H13N3. The molecule has 0 saturated heterocycles. The molecule has 19 heavy (non-hydrogen) atoms. The van der Waals surface area contributed by atoms with Crippen molar-refractivity contribution in [2.24, 2.45) is 5.73 Å². The van der Waals surface area contributed by atoms with E-state index < -0.39 is 0 Å². The lowest BCUT2D eigenvalue weighted by molar-refractivity contribution is 1.07. The third-order valence-corrected chi connectivity index (χ3v) is 3.32. The first-order chi connectivity index (χ1) is 9.35. The summed E-state index contributed by atoms with van der Waals surface area (Å²) in [6, 6.07) is 18.0. The topological polar surface area (TPSA) is 65.6 Å². The second-order valence-corrected chi connectivity index (χ2v) is 4.39. The summed E-state index contributed by atoms with van der Waals surface area (Å²) in [4.78, 5) is 3.33. The first kappa shape index (κ1) is 11.5. The maximum atomic E-state index is 9.43. The number of aromatic amines is 1. The summed E-state index contributed by atoms with van der Waals surface area (Å²) in [5, 5.41) is 10.4. The Balaban J connectivity index is 2.34. The molecule has 0 fully saturated rings. The molecule has 3 nitrogen and oxygen atoms in total. The van der Waals surface area contributed by atoms with E-state index in [1.54, 1.807) is 0 Å². The van der Waals surface area contributed by atoms with Gasteiger partial charge in [-0.25, -0.2) is 0 Å². The van der Waals surface area contributed by atoms with Gasteiger partial charge in [0.15, 0.2) is 0 Å². The molecule has 92 valence electrons. The average molecular weight is 247 g/mol. The van der Waals surface area contributed by atoms with Crippen LogP contribution in [0.1, 0.15) is 11.1 Å². The molecule has 0 aliphatic rings. The summed E-state index contributed by atoms with van der Waals surface area (Å²) >= 11 is 0. The van der Waals surface area contributed by atoms with E-state index in [0.717, 1.165) is 27.7 Å². The Morgan fingerprint density at radius 3 is 2.58 bits per heavy atom. The molecule has 0 unspecified atom stereocenters. The maximum absolute atomic E-state index is 9.43. The van der Waals surface area contributed by atoms with Crippen LogP contribution in [0.4, 0.5) is 0 Å². The molecule has 3 rings (SSSR count). The number of nitriles is 1. The summed E-state index contributed by atoms with van der Waals surface area (Å²) in [5.74, 6) is 0. The molecule has 0 aliphatic heterocycles. The average Bonchev–Trinajstić information content (AvgIpc) is 2.85. The fourth-order valence-corrected chi connectivity index (χ4v) is 2.40. The van der Waals surface area contributed by atoms with E-state index >= 15 is 0 Å². The lowest BCUT2D eigenvalue weighted by atomic mass is 10.0. The van der Waals surface area contributed by atoms with Crippen LogP contribution in [0.3, 0.4) is 0 Å². The van der Waals surface area contributed by atoms with E-state index in [0.29, 0.717) is 12.1 Å². The highest BCUT2D eigenvalue weighted by Crippen LogP contribution is 2.31. The fraction of sp³-hybridized carbons (Fsp3) is 0.0625. The second kappa shape index (κ2) is 4.60. The van der Waals surface area contributed by atoms with Crippen LogP contribution < -0.4 is 5.73 Å². The van der Waals surface area contributed by atoms with Crippen molar-refractivity contribution in [1.82, 2.24) is 4.98 Å². The SMILES string of the molecule is N#Cc1c(-c2ccccc2CN)[nH]c2ccccc12. The largest absolute Gasteiger partial charge is 0.353 e. The quantitative estimate of drug-likeness (QED) is 0.730. The first-order valence-corrected chi connectivity index (χ1v) is 6.14. The van der Waals surface area contributed by atoms with Crippen LogP contribution in [-0.4, -0.2) is 4.98 Å². The highest BCUT2D eigenvalue weighted by molar-refractivity contribution is 5.93. The zero-order chi connectivity index (χ0) is 13.2. The molecule has 0 bridgehead atoms. The van der Waals surface area contributed by atoms with Gasteiger partial charge in [0.05, 0.1) is 11.3 Å². The van der Waals surface area contributed by atoms with Gasteiger partial charge in [-0.15, -0.1) is 0 Å². The summed E-state index contributed by atoms with van der Waals surface area (Å²) in [7, 11) is 0. The van der Waals surface area contributed by atoms with Gasteiger partial charge >= 0.3 is 0 Å². The van der Waals surface area contributed by atoms with E-state index in [4.69, 9.17) is 5.73 Å². The highest BCUT2D eigenvalue weighted by atomic mass is 14.7.